The fourth-order valence-corrected chi connectivity index (χ4v) is 9.96. The fraction of sp³-hybridized carbons (Fsp3) is 0.0877. The second kappa shape index (κ2) is 14.0. The Bertz CT molecular complexity index is 3060. The van der Waals surface area contributed by atoms with E-state index in [4.69, 9.17) is 0 Å². The van der Waals surface area contributed by atoms with Crippen molar-refractivity contribution in [2.45, 2.75) is 25.2 Å². The van der Waals surface area contributed by atoms with Crippen LogP contribution in [0.2, 0.25) is 0 Å². The molecule has 2 aliphatic carbocycles. The molecule has 0 amide bonds. The predicted molar refractivity (Wildman–Crippen MR) is 249 cm³/mol. The molecule has 0 aliphatic heterocycles. The monoisotopic (exact) mass is 756 g/mol. The maximum absolute atomic E-state index is 2.47. The molecule has 2 nitrogen and oxygen atoms in total. The molecule has 0 radical (unpaired) electrons. The number of allylic oxidation sites excluding steroid dienone is 4. The molecule has 0 bridgehead atoms. The molecule has 0 saturated heterocycles. The van der Waals surface area contributed by atoms with Crippen molar-refractivity contribution in [1.29, 1.82) is 0 Å². The van der Waals surface area contributed by atoms with Gasteiger partial charge < -0.3 is 9.47 Å². The summed E-state index contributed by atoms with van der Waals surface area (Å²) in [5, 5.41) is 2.50. The third-order valence-corrected chi connectivity index (χ3v) is 12.9. The maximum atomic E-state index is 2.47. The van der Waals surface area contributed by atoms with Gasteiger partial charge in [0.05, 0.1) is 11.0 Å². The van der Waals surface area contributed by atoms with Gasteiger partial charge in [-0.2, -0.15) is 0 Å². The summed E-state index contributed by atoms with van der Waals surface area (Å²) in [4.78, 5) is 2.45. The number of benzene rings is 8. The van der Waals surface area contributed by atoms with Gasteiger partial charge in [-0.05, 0) is 123 Å². The number of rotatable bonds is 7. The second-order valence-corrected chi connectivity index (χ2v) is 16.6. The standard InChI is InChI=1S/C57H44N2/c1-57(2)53-24-14-12-22-48(53)49-34-32-46(38-54(49)57)58(44-29-26-40(27-30-44)39-16-6-3-7-17-39)45-31-33-47(51(37-45)41-18-8-4-9-19-41)42-28-35-56-52(36-42)50-23-13-15-25-55(50)59(56)43-20-10-5-11-21-43/h3-38,48,53H,1-2H3. The Morgan fingerprint density at radius 2 is 1.03 bits per heavy atom. The van der Waals surface area contributed by atoms with E-state index in [1.54, 1.807) is 0 Å². The van der Waals surface area contributed by atoms with Gasteiger partial charge in [0, 0.05) is 39.4 Å². The highest BCUT2D eigenvalue weighted by molar-refractivity contribution is 6.11. The Morgan fingerprint density at radius 3 is 1.81 bits per heavy atom. The number of aromatic nitrogens is 1. The van der Waals surface area contributed by atoms with E-state index in [0.29, 0.717) is 11.8 Å². The van der Waals surface area contributed by atoms with Crippen molar-refractivity contribution in [3.8, 4) is 39.1 Å². The van der Waals surface area contributed by atoms with Crippen molar-refractivity contribution >= 4 is 38.9 Å². The number of hydrogen-bond donors (Lipinski definition) is 0. The van der Waals surface area contributed by atoms with E-state index in [2.05, 4.69) is 242 Å². The van der Waals surface area contributed by atoms with Crippen LogP contribution in [0.4, 0.5) is 17.1 Å². The lowest BCUT2D eigenvalue weighted by molar-refractivity contribution is 0.394. The van der Waals surface area contributed by atoms with E-state index >= 15 is 0 Å². The molecule has 11 rings (SSSR count). The third kappa shape index (κ3) is 5.86. The molecule has 2 heteroatoms. The van der Waals surface area contributed by atoms with Crippen molar-refractivity contribution in [1.82, 2.24) is 4.57 Å². The molecule has 1 heterocycles. The minimum absolute atomic E-state index is 0.00143. The normalized spacial score (nSPS) is 16.3. The van der Waals surface area contributed by atoms with Crippen LogP contribution in [-0.4, -0.2) is 4.57 Å². The number of hydrogen-bond acceptors (Lipinski definition) is 1. The van der Waals surface area contributed by atoms with Gasteiger partial charge in [0.1, 0.15) is 0 Å². The van der Waals surface area contributed by atoms with E-state index in [9.17, 15) is 0 Å². The Hall–Kier alpha value is -7.16. The fourth-order valence-electron chi connectivity index (χ4n) is 9.96. The van der Waals surface area contributed by atoms with Gasteiger partial charge in [-0.15, -0.1) is 0 Å². The molecule has 2 aliphatic rings. The summed E-state index contributed by atoms with van der Waals surface area (Å²) in [5.41, 5.74) is 17.1. The van der Waals surface area contributed by atoms with E-state index in [1.165, 1.54) is 72.0 Å². The lowest BCUT2D eigenvalue weighted by Gasteiger charge is -2.31. The van der Waals surface area contributed by atoms with Crippen molar-refractivity contribution in [2.24, 2.45) is 5.92 Å². The lowest BCUT2D eigenvalue weighted by atomic mass is 9.74. The largest absolute Gasteiger partial charge is 0.310 e. The van der Waals surface area contributed by atoms with Crippen LogP contribution in [0.1, 0.15) is 30.9 Å². The van der Waals surface area contributed by atoms with Crippen LogP contribution in [-0.2, 0) is 5.41 Å². The van der Waals surface area contributed by atoms with Gasteiger partial charge in [0.25, 0.3) is 0 Å². The molecule has 0 fully saturated rings. The molecule has 9 aromatic rings. The molecule has 2 atom stereocenters. The van der Waals surface area contributed by atoms with E-state index < -0.39 is 0 Å². The molecule has 0 spiro atoms. The first kappa shape index (κ1) is 35.0. The Labute approximate surface area is 346 Å². The van der Waals surface area contributed by atoms with E-state index in [1.807, 2.05) is 0 Å². The van der Waals surface area contributed by atoms with Crippen LogP contribution < -0.4 is 4.90 Å². The molecule has 2 unspecified atom stereocenters. The summed E-state index contributed by atoms with van der Waals surface area (Å²) in [6, 6.07) is 71.3. The minimum Gasteiger partial charge on any atom is -0.310 e. The van der Waals surface area contributed by atoms with Crippen molar-refractivity contribution in [2.75, 3.05) is 4.90 Å². The number of anilines is 3. The summed E-state index contributed by atoms with van der Waals surface area (Å²) in [5.74, 6) is 0.847. The molecular weight excluding hydrogens is 713 g/mol. The summed E-state index contributed by atoms with van der Waals surface area (Å²) >= 11 is 0. The zero-order valence-corrected chi connectivity index (χ0v) is 33.3. The smallest absolute Gasteiger partial charge is 0.0541 e. The summed E-state index contributed by atoms with van der Waals surface area (Å²) < 4.78 is 2.38. The van der Waals surface area contributed by atoms with E-state index in [-0.39, 0.29) is 5.41 Å². The molecule has 1 aromatic heterocycles. The van der Waals surface area contributed by atoms with Crippen LogP contribution in [0.15, 0.2) is 218 Å². The van der Waals surface area contributed by atoms with Crippen molar-refractivity contribution < 1.29 is 0 Å². The number of para-hydroxylation sites is 2. The summed E-state index contributed by atoms with van der Waals surface area (Å²) in [6.45, 7) is 4.83. The Balaban J connectivity index is 1.09. The number of fused-ring (bicyclic) bond motifs is 6. The molecule has 0 N–H and O–H groups in total. The quantitative estimate of drug-likeness (QED) is 0.157. The average molecular weight is 757 g/mol. The van der Waals surface area contributed by atoms with Crippen LogP contribution in [0.25, 0.3) is 60.9 Å². The van der Waals surface area contributed by atoms with Gasteiger partial charge in [-0.3, -0.25) is 0 Å². The van der Waals surface area contributed by atoms with Crippen LogP contribution >= 0.6 is 0 Å². The topological polar surface area (TPSA) is 8.17 Å². The van der Waals surface area contributed by atoms with E-state index in [0.717, 1.165) is 17.1 Å². The van der Waals surface area contributed by atoms with Gasteiger partial charge in [-0.25, -0.2) is 0 Å². The first-order chi connectivity index (χ1) is 29.0. The summed E-state index contributed by atoms with van der Waals surface area (Å²) in [6.07, 6.45) is 9.24. The van der Waals surface area contributed by atoms with Crippen LogP contribution in [0.3, 0.4) is 0 Å². The molecule has 8 aromatic carbocycles. The van der Waals surface area contributed by atoms with Crippen LogP contribution in [0.5, 0.6) is 0 Å². The molecule has 59 heavy (non-hydrogen) atoms. The average Bonchev–Trinajstić information content (AvgIpc) is 3.75. The Kier molecular flexibility index (Phi) is 8.34. The summed E-state index contributed by atoms with van der Waals surface area (Å²) in [7, 11) is 0. The van der Waals surface area contributed by atoms with Crippen molar-refractivity contribution in [3.63, 3.8) is 0 Å². The molecular formula is C57H44N2. The predicted octanol–water partition coefficient (Wildman–Crippen LogP) is 15.4. The first-order valence-electron chi connectivity index (χ1n) is 20.8. The SMILES string of the molecule is CC1(C)c2cc(N(c3ccc(-c4ccccc4)cc3)c3ccc(-c4ccc5c(c4)c4ccccc4n5-c4ccccc4)c(-c4ccccc4)c3)ccc2C2C=CC=CC21. The Morgan fingerprint density at radius 1 is 0.441 bits per heavy atom. The zero-order valence-electron chi connectivity index (χ0n) is 33.3. The van der Waals surface area contributed by atoms with Gasteiger partial charge in [0.2, 0.25) is 0 Å². The first-order valence-corrected chi connectivity index (χ1v) is 20.8. The molecule has 282 valence electrons. The van der Waals surface area contributed by atoms with Crippen molar-refractivity contribution in [3.05, 3.63) is 230 Å². The van der Waals surface area contributed by atoms with Gasteiger partial charge in [-0.1, -0.05) is 166 Å². The zero-order chi connectivity index (χ0) is 39.5. The minimum atomic E-state index is 0.00143. The lowest BCUT2D eigenvalue weighted by Crippen LogP contribution is -2.24. The highest BCUT2D eigenvalue weighted by atomic mass is 15.1. The highest BCUT2D eigenvalue weighted by Crippen LogP contribution is 2.54. The third-order valence-electron chi connectivity index (χ3n) is 12.9. The highest BCUT2D eigenvalue weighted by Gasteiger charge is 2.44. The van der Waals surface area contributed by atoms with Gasteiger partial charge >= 0.3 is 0 Å². The number of nitrogens with zero attached hydrogens (tertiary/aromatic N) is 2. The van der Waals surface area contributed by atoms with Gasteiger partial charge in [0.15, 0.2) is 0 Å². The second-order valence-electron chi connectivity index (χ2n) is 16.6. The maximum Gasteiger partial charge on any atom is 0.0541 e. The molecule has 0 saturated carbocycles. The van der Waals surface area contributed by atoms with Crippen LogP contribution in [0, 0.1) is 5.92 Å².